The van der Waals surface area contributed by atoms with E-state index in [4.69, 9.17) is 14.2 Å². The first-order chi connectivity index (χ1) is 18.8. The third kappa shape index (κ3) is 3.46. The average Bonchev–Trinajstić information content (AvgIpc) is 3.37. The highest BCUT2D eigenvalue weighted by Gasteiger charge is 2.79. The van der Waals surface area contributed by atoms with Gasteiger partial charge in [-0.3, -0.25) is 4.98 Å². The largest absolute Gasteiger partial charge is 0.495 e. The van der Waals surface area contributed by atoms with Crippen LogP contribution in [-0.4, -0.2) is 72.7 Å². The number of nitrogens with zero attached hydrogens (tertiary/aromatic N) is 3. The van der Waals surface area contributed by atoms with Gasteiger partial charge in [-0.1, -0.05) is 42.5 Å². The molecule has 11 heteroatoms. The van der Waals surface area contributed by atoms with Crippen molar-refractivity contribution in [2.75, 3.05) is 33.4 Å². The zero-order valence-corrected chi connectivity index (χ0v) is 21.9. The number of aliphatic hydroxyl groups is 2. The number of nitriles is 1. The lowest BCUT2D eigenvalue weighted by Crippen LogP contribution is -2.52. The number of fused-ring (bicyclic) bond motifs is 3. The Morgan fingerprint density at radius 3 is 2.44 bits per heavy atom. The summed E-state index contributed by atoms with van der Waals surface area (Å²) in [5.41, 5.74) is -2.63. The monoisotopic (exact) mass is 549 g/mol. The van der Waals surface area contributed by atoms with Crippen molar-refractivity contribution in [2.45, 2.75) is 28.5 Å². The highest BCUT2D eigenvalue weighted by atomic mass is 32.2. The molecule has 39 heavy (non-hydrogen) atoms. The molecule has 0 unspecified atom stereocenters. The van der Waals surface area contributed by atoms with E-state index in [0.29, 0.717) is 16.7 Å². The average molecular weight is 550 g/mol. The number of ether oxygens (including phenoxy) is 3. The van der Waals surface area contributed by atoms with E-state index in [1.54, 1.807) is 54.6 Å². The summed E-state index contributed by atoms with van der Waals surface area (Å²) in [6, 6.07) is 17.4. The molecule has 202 valence electrons. The van der Waals surface area contributed by atoms with Gasteiger partial charge in [0.1, 0.15) is 22.9 Å². The van der Waals surface area contributed by atoms with Crippen LogP contribution < -0.4 is 9.47 Å². The predicted molar refractivity (Wildman–Crippen MR) is 138 cm³/mol. The first kappa shape index (κ1) is 25.7. The van der Waals surface area contributed by atoms with Crippen molar-refractivity contribution in [3.05, 3.63) is 89.2 Å². The number of sulfonamides is 1. The number of rotatable bonds is 5. The van der Waals surface area contributed by atoms with Gasteiger partial charge in [0, 0.05) is 13.1 Å². The molecule has 1 aromatic heterocycles. The van der Waals surface area contributed by atoms with E-state index in [1.165, 1.54) is 23.8 Å². The number of aromatic nitrogens is 1. The quantitative estimate of drug-likeness (QED) is 0.485. The smallest absolute Gasteiger partial charge is 0.220 e. The van der Waals surface area contributed by atoms with Crippen LogP contribution in [0.15, 0.2) is 67.0 Å². The molecule has 1 saturated carbocycles. The van der Waals surface area contributed by atoms with Crippen LogP contribution in [0, 0.1) is 11.3 Å². The molecule has 3 heterocycles. The molecule has 0 bridgehead atoms. The molecule has 5 atom stereocenters. The van der Waals surface area contributed by atoms with Crippen molar-refractivity contribution in [1.29, 1.82) is 5.26 Å². The lowest BCUT2D eigenvalue weighted by atomic mass is 9.71. The van der Waals surface area contributed by atoms with E-state index in [0.717, 1.165) is 0 Å². The van der Waals surface area contributed by atoms with Crippen molar-refractivity contribution in [3.8, 4) is 17.6 Å². The molecule has 1 aliphatic carbocycles. The van der Waals surface area contributed by atoms with Crippen LogP contribution in [0.25, 0.3) is 0 Å². The Morgan fingerprint density at radius 1 is 1.10 bits per heavy atom. The molecule has 2 N–H and O–H groups in total. The van der Waals surface area contributed by atoms with Gasteiger partial charge in [-0.25, -0.2) is 8.42 Å². The molecular weight excluding hydrogens is 522 g/mol. The van der Waals surface area contributed by atoms with Crippen molar-refractivity contribution in [3.63, 3.8) is 0 Å². The van der Waals surface area contributed by atoms with Crippen LogP contribution in [0.3, 0.4) is 0 Å². The molecule has 6 rings (SSSR count). The molecular formula is C28H27N3O7S. The van der Waals surface area contributed by atoms with Gasteiger partial charge in [0.2, 0.25) is 10.0 Å². The van der Waals surface area contributed by atoms with E-state index in [9.17, 15) is 23.9 Å². The Morgan fingerprint density at radius 2 is 1.79 bits per heavy atom. The topological polar surface area (TPSA) is 142 Å². The van der Waals surface area contributed by atoms with Crippen LogP contribution in [0.5, 0.6) is 11.5 Å². The number of pyridine rings is 1. The van der Waals surface area contributed by atoms with Crippen LogP contribution in [0.2, 0.25) is 0 Å². The fourth-order valence-electron chi connectivity index (χ4n) is 6.43. The number of aliphatic hydroxyl groups excluding tert-OH is 1. The highest BCUT2D eigenvalue weighted by Crippen LogP contribution is 2.69. The highest BCUT2D eigenvalue weighted by molar-refractivity contribution is 7.89. The van der Waals surface area contributed by atoms with Crippen molar-refractivity contribution >= 4 is 10.0 Å². The summed E-state index contributed by atoms with van der Waals surface area (Å²) in [4.78, 5) is 4.18. The predicted octanol–water partition coefficient (Wildman–Crippen LogP) is 1.63. The summed E-state index contributed by atoms with van der Waals surface area (Å²) in [6.45, 7) is 0.698. The molecule has 3 aromatic rings. The molecule has 0 radical (unpaired) electrons. The van der Waals surface area contributed by atoms with Crippen LogP contribution in [0.1, 0.15) is 28.2 Å². The molecule has 10 nitrogen and oxygen atoms in total. The molecule has 1 saturated heterocycles. The SMILES string of the molecule is COc1cncc2c1[C@]1(O)[C@H](O)[C@H](S(=O)(=O)N3CCOCC3)[C@@H](c3ccccc3)[C@]1(c1ccc(C#N)cc1)O2. The van der Waals surface area contributed by atoms with E-state index in [-0.39, 0.29) is 43.4 Å². The van der Waals surface area contributed by atoms with Crippen molar-refractivity contribution < 1.29 is 32.8 Å². The molecule has 2 aliphatic heterocycles. The fraction of sp³-hybridized carbons (Fsp3) is 0.357. The zero-order chi connectivity index (χ0) is 27.4. The van der Waals surface area contributed by atoms with Crippen LogP contribution in [-0.2, 0) is 26.0 Å². The number of hydrogen-bond donors (Lipinski definition) is 2. The number of morpholine rings is 1. The third-order valence-corrected chi connectivity index (χ3v) is 10.4. The van der Waals surface area contributed by atoms with Crippen molar-refractivity contribution in [2.24, 2.45) is 0 Å². The number of methoxy groups -OCH3 is 1. The van der Waals surface area contributed by atoms with E-state index in [1.807, 2.05) is 0 Å². The summed E-state index contributed by atoms with van der Waals surface area (Å²) in [5, 5.41) is 32.8. The van der Waals surface area contributed by atoms with Gasteiger partial charge in [-0.05, 0) is 23.3 Å². The second-order valence-corrected chi connectivity index (χ2v) is 12.0. The summed E-state index contributed by atoms with van der Waals surface area (Å²) in [6.07, 6.45) is 0.979. The zero-order valence-electron chi connectivity index (χ0n) is 21.1. The van der Waals surface area contributed by atoms with Crippen LogP contribution >= 0.6 is 0 Å². The summed E-state index contributed by atoms with van der Waals surface area (Å²) >= 11 is 0. The first-order valence-electron chi connectivity index (χ1n) is 12.5. The fourth-order valence-corrected chi connectivity index (χ4v) is 8.65. The summed E-state index contributed by atoms with van der Waals surface area (Å²) in [5.74, 6) is -0.749. The van der Waals surface area contributed by atoms with E-state index in [2.05, 4.69) is 11.1 Å². The van der Waals surface area contributed by atoms with E-state index >= 15 is 0 Å². The Balaban J connectivity index is 1.68. The van der Waals surface area contributed by atoms with Gasteiger partial charge >= 0.3 is 0 Å². The molecule has 3 aliphatic rings. The minimum absolute atomic E-state index is 0.123. The third-order valence-electron chi connectivity index (χ3n) is 8.10. The van der Waals surface area contributed by atoms with E-state index < -0.39 is 38.5 Å². The minimum atomic E-state index is -4.21. The minimum Gasteiger partial charge on any atom is -0.495 e. The van der Waals surface area contributed by atoms with Gasteiger partial charge < -0.3 is 24.4 Å². The molecule has 0 amide bonds. The Hall–Kier alpha value is -3.53. The lowest BCUT2D eigenvalue weighted by molar-refractivity contribution is -0.149. The maximum absolute atomic E-state index is 14.4. The van der Waals surface area contributed by atoms with Crippen molar-refractivity contribution in [1.82, 2.24) is 9.29 Å². The summed E-state index contributed by atoms with van der Waals surface area (Å²) in [7, 11) is -2.81. The first-order valence-corrected chi connectivity index (χ1v) is 14.0. The molecule has 2 fully saturated rings. The van der Waals surface area contributed by atoms with Gasteiger partial charge in [0.15, 0.2) is 11.2 Å². The molecule has 0 spiro atoms. The van der Waals surface area contributed by atoms with Gasteiger partial charge in [-0.2, -0.15) is 9.57 Å². The second-order valence-electron chi connectivity index (χ2n) is 9.86. The Bertz CT molecular complexity index is 1540. The molecule has 2 aromatic carbocycles. The second kappa shape index (κ2) is 9.29. The van der Waals surface area contributed by atoms with Crippen LogP contribution in [0.4, 0.5) is 0 Å². The van der Waals surface area contributed by atoms with Gasteiger partial charge in [0.25, 0.3) is 0 Å². The van der Waals surface area contributed by atoms with Gasteiger partial charge in [-0.15, -0.1) is 0 Å². The lowest BCUT2D eigenvalue weighted by Gasteiger charge is -2.41. The van der Waals surface area contributed by atoms with Gasteiger partial charge in [0.05, 0.1) is 55.8 Å². The standard InChI is InChI=1S/C28H27N3O7S/c1-36-21-16-30-17-22-24(21)27(33)26(32)25(39(34,35)31-11-13-37-14-12-31)23(19-5-3-2-4-6-19)28(27,38-22)20-9-7-18(15-29)8-10-20/h2-10,16-17,23,25-26,32-33H,11-14H2,1H3/t23-,25-,26-,27+,28+/m1/s1. The maximum Gasteiger partial charge on any atom is 0.220 e. The Kier molecular flexibility index (Phi) is 6.13. The number of hydrogen-bond acceptors (Lipinski definition) is 9. The Labute approximate surface area is 226 Å². The summed E-state index contributed by atoms with van der Waals surface area (Å²) < 4.78 is 47.6. The normalized spacial score (nSPS) is 30.2. The number of benzene rings is 2. The maximum atomic E-state index is 14.4.